The van der Waals surface area contributed by atoms with Crippen LogP contribution in [0.25, 0.3) is 0 Å². The Morgan fingerprint density at radius 3 is 2.41 bits per heavy atom. The van der Waals surface area contributed by atoms with E-state index >= 15 is 0 Å². The molecule has 0 aromatic rings. The SMILES string of the molecule is C=CCN(C)C(=O)[C@@H]1[C@H]2C(=O)N(CCO)C(C(=O)N(CC=C)C(C)(C)C)C23S[C@@H]1CC3C. The van der Waals surface area contributed by atoms with Gasteiger partial charge in [0.05, 0.1) is 23.2 Å². The normalized spacial score (nSPS) is 33.2. The van der Waals surface area contributed by atoms with Gasteiger partial charge < -0.3 is 19.8 Å². The minimum Gasteiger partial charge on any atom is -0.395 e. The van der Waals surface area contributed by atoms with E-state index in [2.05, 4.69) is 20.1 Å². The van der Waals surface area contributed by atoms with E-state index in [-0.39, 0.29) is 42.0 Å². The maximum Gasteiger partial charge on any atom is 0.247 e. The average Bonchev–Trinajstić information content (AvgIpc) is 3.29. The Hall–Kier alpha value is -1.80. The number of fused-ring (bicyclic) bond motifs is 1. The van der Waals surface area contributed by atoms with Crippen molar-refractivity contribution in [3.05, 3.63) is 25.3 Å². The fourth-order valence-corrected chi connectivity index (χ4v) is 8.35. The summed E-state index contributed by atoms with van der Waals surface area (Å²) < 4.78 is -0.673. The van der Waals surface area contributed by atoms with Gasteiger partial charge in [-0.05, 0) is 33.1 Å². The van der Waals surface area contributed by atoms with Crippen LogP contribution in [0.2, 0.25) is 0 Å². The van der Waals surface area contributed by atoms with Crippen molar-refractivity contribution in [3.63, 3.8) is 0 Å². The highest BCUT2D eigenvalue weighted by Gasteiger charge is 2.76. The van der Waals surface area contributed by atoms with Crippen molar-refractivity contribution in [1.29, 1.82) is 0 Å². The van der Waals surface area contributed by atoms with Crippen LogP contribution >= 0.6 is 11.8 Å². The third kappa shape index (κ3) is 3.59. The summed E-state index contributed by atoms with van der Waals surface area (Å²) in [6.45, 7) is 16.2. The lowest BCUT2D eigenvalue weighted by atomic mass is 9.65. The van der Waals surface area contributed by atoms with Crippen molar-refractivity contribution in [2.75, 3.05) is 33.3 Å². The van der Waals surface area contributed by atoms with E-state index in [0.29, 0.717) is 13.1 Å². The zero-order chi connectivity index (χ0) is 24.0. The summed E-state index contributed by atoms with van der Waals surface area (Å²) in [6, 6.07) is -0.709. The number of amides is 3. The van der Waals surface area contributed by atoms with Crippen molar-refractivity contribution in [1.82, 2.24) is 14.7 Å². The Morgan fingerprint density at radius 2 is 1.88 bits per heavy atom. The first kappa shape index (κ1) is 24.8. The molecule has 3 aliphatic rings. The fourth-order valence-electron chi connectivity index (χ4n) is 5.94. The first-order valence-corrected chi connectivity index (χ1v) is 12.2. The van der Waals surface area contributed by atoms with Gasteiger partial charge in [-0.25, -0.2) is 0 Å². The van der Waals surface area contributed by atoms with E-state index in [1.807, 2.05) is 20.8 Å². The maximum atomic E-state index is 14.1. The second-order valence-corrected chi connectivity index (χ2v) is 11.8. The number of hydrogen-bond donors (Lipinski definition) is 1. The predicted molar refractivity (Wildman–Crippen MR) is 127 cm³/mol. The van der Waals surface area contributed by atoms with Crippen molar-refractivity contribution in [2.24, 2.45) is 17.8 Å². The number of aliphatic hydroxyl groups excluding tert-OH is 1. The summed E-state index contributed by atoms with van der Waals surface area (Å²) in [7, 11) is 1.73. The van der Waals surface area contributed by atoms with Crippen LogP contribution in [0.3, 0.4) is 0 Å². The molecule has 6 atom stereocenters. The third-order valence-electron chi connectivity index (χ3n) is 7.27. The molecule has 32 heavy (non-hydrogen) atoms. The van der Waals surface area contributed by atoms with Gasteiger partial charge in [0.1, 0.15) is 6.04 Å². The topological polar surface area (TPSA) is 81.2 Å². The van der Waals surface area contributed by atoms with Crippen molar-refractivity contribution >= 4 is 29.5 Å². The van der Waals surface area contributed by atoms with Crippen LogP contribution in [0.5, 0.6) is 0 Å². The highest BCUT2D eigenvalue weighted by Crippen LogP contribution is 2.68. The number of thioether (sulfide) groups is 1. The number of β-amino-alcohol motifs (C(OH)–C–C–N with tert-alkyl or cyclic N) is 1. The molecule has 3 unspecified atom stereocenters. The van der Waals surface area contributed by atoms with E-state index in [0.717, 1.165) is 6.42 Å². The highest BCUT2D eigenvalue weighted by atomic mass is 32.2. The molecule has 7 nitrogen and oxygen atoms in total. The van der Waals surface area contributed by atoms with Crippen LogP contribution in [0, 0.1) is 17.8 Å². The Labute approximate surface area is 195 Å². The number of likely N-dealkylation sites (tertiary alicyclic amines) is 1. The maximum absolute atomic E-state index is 14.1. The summed E-state index contributed by atoms with van der Waals surface area (Å²) in [4.78, 5) is 46.2. The van der Waals surface area contributed by atoms with Crippen molar-refractivity contribution in [2.45, 2.75) is 55.7 Å². The van der Waals surface area contributed by atoms with E-state index in [1.54, 1.807) is 45.7 Å². The molecular formula is C24H37N3O4S. The van der Waals surface area contributed by atoms with Gasteiger partial charge in [0.2, 0.25) is 17.7 Å². The van der Waals surface area contributed by atoms with Crippen LogP contribution in [0.4, 0.5) is 0 Å². The summed E-state index contributed by atoms with van der Waals surface area (Å²) in [5.74, 6) is -1.30. The number of carbonyl (C=O) groups excluding carboxylic acids is 3. The summed E-state index contributed by atoms with van der Waals surface area (Å²) in [5.41, 5.74) is -0.460. The van der Waals surface area contributed by atoms with Gasteiger partial charge >= 0.3 is 0 Å². The summed E-state index contributed by atoms with van der Waals surface area (Å²) >= 11 is 1.65. The number of aliphatic hydroxyl groups is 1. The Morgan fingerprint density at radius 1 is 1.25 bits per heavy atom. The zero-order valence-corrected chi connectivity index (χ0v) is 20.7. The van der Waals surface area contributed by atoms with Crippen molar-refractivity contribution < 1.29 is 19.5 Å². The van der Waals surface area contributed by atoms with Gasteiger partial charge in [0, 0.05) is 37.5 Å². The average molecular weight is 464 g/mol. The Balaban J connectivity index is 2.10. The molecular weight excluding hydrogens is 426 g/mol. The van der Waals surface area contributed by atoms with E-state index < -0.39 is 28.2 Å². The number of likely N-dealkylation sites (N-methyl/N-ethyl adjacent to an activating group) is 1. The lowest BCUT2D eigenvalue weighted by molar-refractivity contribution is -0.146. The third-order valence-corrected chi connectivity index (χ3v) is 9.35. The van der Waals surface area contributed by atoms with Gasteiger partial charge in [-0.2, -0.15) is 0 Å². The minimum atomic E-state index is -0.709. The van der Waals surface area contributed by atoms with E-state index in [4.69, 9.17) is 0 Å². The van der Waals surface area contributed by atoms with Crippen LogP contribution < -0.4 is 0 Å². The van der Waals surface area contributed by atoms with Gasteiger partial charge in [-0.15, -0.1) is 24.9 Å². The van der Waals surface area contributed by atoms with Gasteiger partial charge in [0.15, 0.2) is 0 Å². The molecule has 0 radical (unpaired) electrons. The van der Waals surface area contributed by atoms with E-state index in [9.17, 15) is 19.5 Å². The largest absolute Gasteiger partial charge is 0.395 e. The molecule has 3 rings (SSSR count). The molecule has 0 aliphatic carbocycles. The first-order chi connectivity index (χ1) is 15.0. The van der Waals surface area contributed by atoms with Crippen LogP contribution in [-0.4, -0.2) is 92.4 Å². The van der Waals surface area contributed by atoms with Crippen molar-refractivity contribution in [3.8, 4) is 0 Å². The Kier molecular flexibility index (Phi) is 6.87. The molecule has 1 N–H and O–H groups in total. The molecule has 3 saturated heterocycles. The molecule has 0 aromatic carbocycles. The molecule has 1 spiro atoms. The number of nitrogens with zero attached hydrogens (tertiary/aromatic N) is 3. The monoisotopic (exact) mass is 463 g/mol. The standard InChI is InChI=1S/C24H37N3O4S/c1-8-10-25(7)20(29)17-16-14-15(3)24(32-16)18(17)21(30)26(12-13-28)19(24)22(31)27(11-9-2)23(4,5)6/h8-9,15-19,28H,1-2,10-14H2,3-7H3/t15?,16-,17+,18+,19?,24?/m1/s1. The Bertz CT molecular complexity index is 810. The zero-order valence-electron chi connectivity index (χ0n) is 19.9. The first-order valence-electron chi connectivity index (χ1n) is 11.3. The molecule has 178 valence electrons. The summed E-state index contributed by atoms with van der Waals surface area (Å²) in [5, 5.41) is 9.75. The van der Waals surface area contributed by atoms with Gasteiger partial charge in [-0.3, -0.25) is 14.4 Å². The van der Waals surface area contributed by atoms with Gasteiger partial charge in [0.25, 0.3) is 0 Å². The molecule has 3 amide bonds. The second kappa shape index (κ2) is 8.86. The number of rotatable bonds is 8. The number of hydrogen-bond acceptors (Lipinski definition) is 5. The molecule has 3 heterocycles. The molecule has 3 fully saturated rings. The quantitative estimate of drug-likeness (QED) is 0.555. The lowest BCUT2D eigenvalue weighted by Gasteiger charge is -2.44. The highest BCUT2D eigenvalue weighted by molar-refractivity contribution is 8.02. The molecule has 0 saturated carbocycles. The van der Waals surface area contributed by atoms with Crippen LogP contribution in [-0.2, 0) is 14.4 Å². The number of carbonyl (C=O) groups is 3. The lowest BCUT2D eigenvalue weighted by Crippen LogP contribution is -2.60. The molecule has 2 bridgehead atoms. The molecule has 0 aromatic heterocycles. The predicted octanol–water partition coefficient (Wildman–Crippen LogP) is 1.77. The summed E-state index contributed by atoms with van der Waals surface area (Å²) in [6.07, 6.45) is 4.17. The smallest absolute Gasteiger partial charge is 0.247 e. The van der Waals surface area contributed by atoms with E-state index in [1.165, 1.54) is 0 Å². The second-order valence-electron chi connectivity index (χ2n) is 10.2. The molecule has 3 aliphatic heterocycles. The minimum absolute atomic E-state index is 0.00721. The van der Waals surface area contributed by atoms with Crippen LogP contribution in [0.15, 0.2) is 25.3 Å². The fraction of sp³-hybridized carbons (Fsp3) is 0.708. The van der Waals surface area contributed by atoms with Crippen LogP contribution in [0.1, 0.15) is 34.1 Å². The molecule has 8 heteroatoms. The van der Waals surface area contributed by atoms with Gasteiger partial charge in [-0.1, -0.05) is 19.1 Å².